The number of nitrogens with two attached hydrogens (primary N) is 1. The van der Waals surface area contributed by atoms with Crippen LogP contribution in [0, 0.1) is 23.0 Å². The van der Waals surface area contributed by atoms with Crippen molar-refractivity contribution in [1.82, 2.24) is 24.9 Å². The number of anilines is 1. The van der Waals surface area contributed by atoms with Crippen LogP contribution in [0.5, 0.6) is 0 Å². The molecule has 5 aliphatic rings. The average molecular weight is 1880 g/mol. The quantitative estimate of drug-likeness (QED) is 0.0309. The lowest BCUT2D eigenvalue weighted by molar-refractivity contribution is -0.0725. The number of nitrogens with zero attached hydrogens (tertiary/aromatic N) is 1. The minimum absolute atomic E-state index is 0.154. The predicted molar refractivity (Wildman–Crippen MR) is 570 cm³/mol. The van der Waals surface area contributed by atoms with E-state index in [4.69, 9.17) is 41.0 Å². The summed E-state index contributed by atoms with van der Waals surface area (Å²) in [6, 6.07) is 60.4. The first-order chi connectivity index (χ1) is 66.4. The van der Waals surface area contributed by atoms with Crippen molar-refractivity contribution in [1.29, 1.82) is 5.26 Å². The molecular weight excluding hydrogens is 1740 g/mol. The third-order valence-electron chi connectivity index (χ3n) is 30.6. The first-order valence-electron chi connectivity index (χ1n) is 51.6. The lowest BCUT2D eigenvalue weighted by Crippen LogP contribution is -2.35. The fourth-order valence-electron chi connectivity index (χ4n) is 23.3. The third-order valence-corrected chi connectivity index (χ3v) is 31.9. The van der Waals surface area contributed by atoms with Crippen LogP contribution in [0.4, 0.5) is 14.5 Å². The van der Waals surface area contributed by atoms with E-state index in [1.807, 2.05) is 36.4 Å². The number of nitriles is 1. The third kappa shape index (κ3) is 19.3. The van der Waals surface area contributed by atoms with Crippen LogP contribution in [0.15, 0.2) is 170 Å². The maximum atomic E-state index is 13.8. The topological polar surface area (TPSA) is 175 Å². The number of aryl methyl sites for hydroxylation is 3. The molecule has 20 rings (SSSR count). The molecule has 0 amide bonds. The highest BCUT2D eigenvalue weighted by Gasteiger charge is 2.44. The highest BCUT2D eigenvalue weighted by molar-refractivity contribution is 7.19. The van der Waals surface area contributed by atoms with E-state index in [0.717, 1.165) is 201 Å². The molecule has 11 heterocycles. The van der Waals surface area contributed by atoms with Crippen LogP contribution in [0.2, 0.25) is 4.34 Å². The minimum atomic E-state index is -0.816. The number of hydrogen-bond acceptors (Lipinski definition) is 8. The molecule has 5 unspecified atom stereocenters. The fraction of sp³-hybridized carbons (Fsp3) is 0.430. The number of thiophene rings is 1. The van der Waals surface area contributed by atoms with Crippen molar-refractivity contribution in [2.75, 3.05) is 38.8 Å². The molecule has 9 aromatic carbocycles. The van der Waals surface area contributed by atoms with Gasteiger partial charge >= 0.3 is 0 Å². The molecule has 0 bridgehead atoms. The molecule has 12 nitrogen and oxygen atoms in total. The number of H-pyrrole nitrogens is 5. The number of aromatic nitrogens is 5. The Morgan fingerprint density at radius 1 is 0.358 bits per heavy atom. The molecule has 0 radical (unpaired) electrons. The number of aromatic amines is 5. The summed E-state index contributed by atoms with van der Waals surface area (Å²) >= 11 is 7.83. The summed E-state index contributed by atoms with van der Waals surface area (Å²) in [6.45, 7) is 41.9. The Hall–Kier alpha value is -10.4. The molecule has 0 spiro atoms. The molecule has 15 aromatic rings. The van der Waals surface area contributed by atoms with E-state index < -0.39 is 11.6 Å². The van der Waals surface area contributed by atoms with E-state index in [0.29, 0.717) is 29.6 Å². The summed E-state index contributed by atoms with van der Waals surface area (Å²) in [5, 5.41) is 16.0. The van der Waals surface area contributed by atoms with Gasteiger partial charge < -0.3 is 54.3 Å². The molecule has 0 saturated carbocycles. The van der Waals surface area contributed by atoms with Crippen LogP contribution in [-0.2, 0) is 103 Å². The van der Waals surface area contributed by atoms with Crippen molar-refractivity contribution < 1.29 is 32.5 Å². The predicted octanol–water partition coefficient (Wildman–Crippen LogP) is 33.4. The zero-order valence-corrected chi connectivity index (χ0v) is 85.8. The number of ether oxygens (including phenoxy) is 5. The van der Waals surface area contributed by atoms with Crippen molar-refractivity contribution in [3.63, 3.8) is 0 Å². The van der Waals surface area contributed by atoms with Crippen molar-refractivity contribution >= 4 is 83.1 Å². The van der Waals surface area contributed by atoms with E-state index in [1.54, 1.807) is 17.4 Å². The first kappa shape index (κ1) is 99.6. The molecule has 5 atom stereocenters. The van der Waals surface area contributed by atoms with Crippen molar-refractivity contribution in [2.45, 2.75) is 305 Å². The van der Waals surface area contributed by atoms with Crippen molar-refractivity contribution in [3.05, 3.63) is 275 Å². The van der Waals surface area contributed by atoms with Gasteiger partial charge in [-0.15, -0.1) is 11.3 Å². The first-order valence-corrected chi connectivity index (χ1v) is 52.8. The van der Waals surface area contributed by atoms with E-state index in [-0.39, 0.29) is 28.0 Å². The van der Waals surface area contributed by atoms with Gasteiger partial charge in [-0.3, -0.25) is 0 Å². The summed E-state index contributed by atoms with van der Waals surface area (Å²) in [5.74, 6) is -0.680. The number of halogens is 3. The van der Waals surface area contributed by atoms with Crippen LogP contribution in [0.3, 0.4) is 0 Å². The second kappa shape index (κ2) is 42.8. The van der Waals surface area contributed by atoms with Gasteiger partial charge in [0.15, 0.2) is 11.6 Å². The summed E-state index contributed by atoms with van der Waals surface area (Å²) in [4.78, 5) is 20.2. The zero-order valence-electron chi connectivity index (χ0n) is 84.2. The Labute approximate surface area is 820 Å². The number of rotatable bonds is 25. The second-order valence-electron chi connectivity index (χ2n) is 39.3. The van der Waals surface area contributed by atoms with E-state index in [1.165, 1.54) is 183 Å². The van der Waals surface area contributed by atoms with Crippen molar-refractivity contribution in [2.24, 2.45) is 0 Å². The molecule has 137 heavy (non-hydrogen) atoms. The van der Waals surface area contributed by atoms with Crippen LogP contribution >= 0.6 is 22.9 Å². The zero-order chi connectivity index (χ0) is 96.8. The normalized spacial score (nSPS) is 19.3. The maximum Gasteiger partial charge on any atom is 0.159 e. The SMILES string of the molecule is CCCC1(CC)OCCc2c1[nH]c1c(-c3cccc(C#N)c3)cc(C(C)C)cc21.CCCC1(CC)OCCc2c1[nH]c1c(-c3ccccc3)cc(C(C)C)cc21.CCCC1(CC)OCCc2c1[nH]c1c(CC)cc(-c3ccc(Cl)s3)cc21.CCCC1(CC)OCCc2c1[nH]c1c(CC)cc(-c3ccc(F)c(F)c3)cc21.CCCC1(CC)OCCc2c1[nH]c1c(CC)cc(-c3cccc(N)c3)cc21. The Balaban J connectivity index is 0.000000124. The number of benzene rings is 9. The lowest BCUT2D eigenvalue weighted by atomic mass is 9.85. The fourth-order valence-corrected chi connectivity index (χ4v) is 24.3. The highest BCUT2D eigenvalue weighted by atomic mass is 35.5. The molecule has 16 heteroatoms. The van der Waals surface area contributed by atoms with Gasteiger partial charge in [0.1, 0.15) is 28.0 Å². The number of hydrogen-bond donors (Lipinski definition) is 6. The largest absolute Gasteiger partial charge is 0.399 e. The van der Waals surface area contributed by atoms with Crippen LogP contribution < -0.4 is 5.73 Å². The lowest BCUT2D eigenvalue weighted by Gasteiger charge is -2.36. The summed E-state index contributed by atoms with van der Waals surface area (Å²) in [7, 11) is 0. The van der Waals surface area contributed by atoms with Gasteiger partial charge in [0.05, 0.1) is 88.5 Å². The number of nitrogen functional groups attached to an aromatic ring is 1. The Bertz CT molecular complexity index is 6850. The minimum Gasteiger partial charge on any atom is -0.399 e. The maximum absolute atomic E-state index is 13.8. The second-order valence-corrected chi connectivity index (χ2v) is 41.0. The van der Waals surface area contributed by atoms with Gasteiger partial charge in [-0.05, 0) is 331 Å². The van der Waals surface area contributed by atoms with Gasteiger partial charge in [-0.2, -0.15) is 5.26 Å². The summed E-state index contributed by atoms with van der Waals surface area (Å²) < 4.78 is 59.9. The summed E-state index contributed by atoms with van der Waals surface area (Å²) in [6.07, 6.45) is 23.3. The molecule has 720 valence electrons. The van der Waals surface area contributed by atoms with Gasteiger partial charge in [-0.1, -0.05) is 222 Å². The van der Waals surface area contributed by atoms with Gasteiger partial charge in [-0.25, -0.2) is 8.78 Å². The number of nitrogens with one attached hydrogen (secondary N) is 5. The number of fused-ring (bicyclic) bond motifs is 15. The van der Waals surface area contributed by atoms with E-state index in [9.17, 15) is 14.0 Å². The Morgan fingerprint density at radius 2 is 0.708 bits per heavy atom. The molecule has 7 N–H and O–H groups in total. The van der Waals surface area contributed by atoms with Crippen LogP contribution in [-0.4, -0.2) is 58.0 Å². The molecule has 0 saturated heterocycles. The van der Waals surface area contributed by atoms with Crippen molar-refractivity contribution in [3.8, 4) is 61.0 Å². The molecule has 6 aromatic heterocycles. The van der Waals surface area contributed by atoms with Gasteiger partial charge in [0, 0.05) is 65.2 Å². The van der Waals surface area contributed by atoms with Crippen LogP contribution in [0.25, 0.3) is 109 Å². The molecular formula is C121H144ClF2N7O5S. The van der Waals surface area contributed by atoms with Gasteiger partial charge in [0.2, 0.25) is 0 Å². The Morgan fingerprint density at radius 3 is 1.06 bits per heavy atom. The molecule has 0 fully saturated rings. The molecule has 0 aliphatic carbocycles. The van der Waals surface area contributed by atoms with Crippen LogP contribution in [0.1, 0.15) is 316 Å². The standard InChI is InChI=1S/C26H30N2O.C25H31NO.C24H27F2NO.C24H30N2O.C22H26ClNOS/c1-5-11-26(6-2)25-21(10-12-29-26)23-15-20(17(3)4)14-22(24(23)28-25)19-9-7-8-18(13-19)16-27;1-5-13-25(6-2)24-20(12-14-27-25)22-16-19(17(3)4)15-21(23(22)26-24)18-10-8-7-9-11-18;1-4-10-24(6-3)23-18(9-11-28-24)19-13-17(12-15(5-2)22(19)27-23)16-7-8-20(25)21(26)14-16;1-4-11-24(6-3)23-20(10-12-27-24)21-15-18(13-16(5-2)22(21)26-23)17-8-7-9-19(25)14-17;1-4-10-22(6-3)21-16(9-11-25-22)17-13-15(18-7-8-19(23)26-18)12-14(5-2)20(17)24-21/h7-9,13-15,17,28H,5-6,10-12H2,1-4H3;7-11,15-17,26H,5-6,12-14H2,1-4H3;7-8,12-14,27H,4-6,9-11H2,1-3H3;7-9,13-15,26H,4-6,10-12,25H2,1-3H3;7-8,12-13,24H,4-6,9-11H2,1-3H3. The Kier molecular flexibility index (Phi) is 31.1. The molecule has 5 aliphatic heterocycles. The average Bonchev–Trinajstić information content (AvgIpc) is 1.60. The van der Waals surface area contributed by atoms with Gasteiger partial charge in [0.25, 0.3) is 0 Å². The monoisotopic (exact) mass is 1880 g/mol. The van der Waals surface area contributed by atoms with E-state index >= 15 is 0 Å². The summed E-state index contributed by atoms with van der Waals surface area (Å²) in [5.41, 5.74) is 43.2. The highest BCUT2D eigenvalue weighted by Crippen LogP contribution is 2.52. The van der Waals surface area contributed by atoms with E-state index in [2.05, 4.69) is 264 Å². The smallest absolute Gasteiger partial charge is 0.159 e.